The smallest absolute Gasteiger partial charge is 0.178 e. The average molecular weight is 202 g/mol. The van der Waals surface area contributed by atoms with Crippen molar-refractivity contribution in [2.75, 3.05) is 6.54 Å². The Balaban J connectivity index is 2.38. The van der Waals surface area contributed by atoms with Crippen LogP contribution < -0.4 is 0 Å². The van der Waals surface area contributed by atoms with Gasteiger partial charge in [0.15, 0.2) is 11.5 Å². The zero-order valence-corrected chi connectivity index (χ0v) is 8.30. The van der Waals surface area contributed by atoms with Gasteiger partial charge >= 0.3 is 0 Å². The number of rotatable bonds is 2. The highest BCUT2D eigenvalue weighted by Crippen LogP contribution is 2.09. The minimum Gasteiger partial charge on any atom is -0.463 e. The van der Waals surface area contributed by atoms with Crippen molar-refractivity contribution < 1.29 is 9.21 Å². The molecule has 0 saturated heterocycles. The van der Waals surface area contributed by atoms with Crippen LogP contribution in [0.2, 0.25) is 0 Å². The normalized spacial score (nSPS) is 15.5. The molecule has 0 saturated carbocycles. The van der Waals surface area contributed by atoms with Gasteiger partial charge in [-0.05, 0) is 18.2 Å². The van der Waals surface area contributed by atoms with Gasteiger partial charge < -0.3 is 4.42 Å². The van der Waals surface area contributed by atoms with Gasteiger partial charge in [0, 0.05) is 13.1 Å². The number of nitrogens with zero attached hydrogens (tertiary/aromatic N) is 2. The van der Waals surface area contributed by atoms with Crippen LogP contribution in [-0.4, -0.2) is 24.3 Å². The summed E-state index contributed by atoms with van der Waals surface area (Å²) in [6.45, 7) is 1.94. The van der Waals surface area contributed by atoms with Crippen molar-refractivity contribution in [2.45, 2.75) is 6.92 Å². The van der Waals surface area contributed by atoms with E-state index < -0.39 is 0 Å². The molecule has 1 aliphatic rings. The number of carbonyl (C=O) groups is 1. The average Bonchev–Trinajstić information content (AvgIpc) is 2.62. The summed E-state index contributed by atoms with van der Waals surface area (Å²) in [6, 6.07) is 3.59. The minimum atomic E-state index is -0.0765. The maximum absolute atomic E-state index is 11.2. The Hall–Kier alpha value is -1.97. The Bertz CT molecular complexity index is 453. The van der Waals surface area contributed by atoms with E-state index in [2.05, 4.69) is 9.98 Å². The number of Topliss-reactive ketones (excluding diaryl/α,β-unsaturated/α-hetero) is 1. The molecule has 0 fully saturated rings. The highest BCUT2D eigenvalue weighted by atomic mass is 16.3. The summed E-state index contributed by atoms with van der Waals surface area (Å²) in [5.41, 5.74) is 1.06. The minimum absolute atomic E-state index is 0.0765. The molecular weight excluding hydrogens is 192 g/mol. The third kappa shape index (κ3) is 2.10. The van der Waals surface area contributed by atoms with Crippen molar-refractivity contribution in [3.63, 3.8) is 0 Å². The van der Waals surface area contributed by atoms with E-state index in [4.69, 9.17) is 4.42 Å². The molecule has 0 bridgehead atoms. The van der Waals surface area contributed by atoms with E-state index in [-0.39, 0.29) is 5.78 Å². The molecule has 76 valence electrons. The third-order valence-corrected chi connectivity index (χ3v) is 1.98. The van der Waals surface area contributed by atoms with E-state index in [1.165, 1.54) is 6.92 Å². The molecule has 0 amide bonds. The number of ketones is 1. The van der Waals surface area contributed by atoms with E-state index in [1.54, 1.807) is 30.7 Å². The van der Waals surface area contributed by atoms with Crippen molar-refractivity contribution in [3.8, 4) is 0 Å². The van der Waals surface area contributed by atoms with Gasteiger partial charge in [0.05, 0.1) is 12.8 Å². The molecule has 0 unspecified atom stereocenters. The first-order valence-electron chi connectivity index (χ1n) is 4.61. The summed E-state index contributed by atoms with van der Waals surface area (Å²) in [6.07, 6.45) is 4.83. The molecule has 2 heterocycles. The monoisotopic (exact) mass is 202 g/mol. The summed E-state index contributed by atoms with van der Waals surface area (Å²) >= 11 is 0. The lowest BCUT2D eigenvalue weighted by Gasteiger charge is -1.96. The summed E-state index contributed by atoms with van der Waals surface area (Å²) in [5.74, 6) is 0.576. The SMILES string of the molecule is CC(=O)C1=CC(c2ccco2)=NCC=N1. The zero-order valence-electron chi connectivity index (χ0n) is 8.30. The number of furan rings is 1. The fourth-order valence-corrected chi connectivity index (χ4v) is 1.26. The van der Waals surface area contributed by atoms with Crippen LogP contribution in [0, 0.1) is 0 Å². The first-order valence-corrected chi connectivity index (χ1v) is 4.61. The number of hydrogen-bond acceptors (Lipinski definition) is 4. The quantitative estimate of drug-likeness (QED) is 0.731. The van der Waals surface area contributed by atoms with Crippen LogP contribution in [0.3, 0.4) is 0 Å². The maximum atomic E-state index is 11.2. The van der Waals surface area contributed by atoms with Crippen LogP contribution in [0.5, 0.6) is 0 Å². The summed E-state index contributed by atoms with van der Waals surface area (Å²) < 4.78 is 5.21. The van der Waals surface area contributed by atoms with Gasteiger partial charge in [-0.15, -0.1) is 0 Å². The Morgan fingerprint density at radius 1 is 1.53 bits per heavy atom. The second-order valence-electron chi connectivity index (χ2n) is 3.10. The predicted molar refractivity (Wildman–Crippen MR) is 57.4 cm³/mol. The standard InChI is InChI=1S/C11H10N2O2/c1-8(14)9-7-10(13-5-4-12-9)11-3-2-6-15-11/h2-4,6-7H,5H2,1H3. The van der Waals surface area contributed by atoms with E-state index in [1.807, 2.05) is 0 Å². The van der Waals surface area contributed by atoms with Crippen molar-refractivity contribution in [1.82, 2.24) is 0 Å². The molecule has 0 N–H and O–H groups in total. The number of aliphatic imine (C=N–C) groups is 2. The Morgan fingerprint density at radius 2 is 2.40 bits per heavy atom. The highest BCUT2D eigenvalue weighted by Gasteiger charge is 2.09. The van der Waals surface area contributed by atoms with E-state index in [0.29, 0.717) is 23.7 Å². The lowest BCUT2D eigenvalue weighted by atomic mass is 10.2. The van der Waals surface area contributed by atoms with Crippen LogP contribution in [0.15, 0.2) is 44.6 Å². The summed E-state index contributed by atoms with van der Waals surface area (Å²) in [7, 11) is 0. The van der Waals surface area contributed by atoms with Gasteiger partial charge in [0.1, 0.15) is 11.4 Å². The second kappa shape index (κ2) is 4.04. The van der Waals surface area contributed by atoms with E-state index in [0.717, 1.165) is 0 Å². The lowest BCUT2D eigenvalue weighted by molar-refractivity contribution is -0.113. The van der Waals surface area contributed by atoms with E-state index in [9.17, 15) is 4.79 Å². The van der Waals surface area contributed by atoms with Gasteiger partial charge in [-0.3, -0.25) is 14.8 Å². The molecular formula is C11H10N2O2. The van der Waals surface area contributed by atoms with Crippen LogP contribution >= 0.6 is 0 Å². The van der Waals surface area contributed by atoms with Gasteiger partial charge in [0.25, 0.3) is 0 Å². The number of hydrogen-bond donors (Lipinski definition) is 0. The highest BCUT2D eigenvalue weighted by molar-refractivity contribution is 6.12. The Labute approximate surface area is 87.0 Å². The topological polar surface area (TPSA) is 54.9 Å². The van der Waals surface area contributed by atoms with Gasteiger partial charge in [0.2, 0.25) is 0 Å². The molecule has 1 aliphatic heterocycles. The molecule has 1 aromatic rings. The first-order chi connectivity index (χ1) is 7.27. The number of allylic oxidation sites excluding steroid dienone is 2. The largest absolute Gasteiger partial charge is 0.463 e. The third-order valence-electron chi connectivity index (χ3n) is 1.98. The van der Waals surface area contributed by atoms with Crippen LogP contribution in [0.4, 0.5) is 0 Å². The summed E-state index contributed by atoms with van der Waals surface area (Å²) in [4.78, 5) is 19.5. The fraction of sp³-hybridized carbons (Fsp3) is 0.182. The Kier molecular flexibility index (Phi) is 2.58. The molecule has 4 nitrogen and oxygen atoms in total. The predicted octanol–water partition coefficient (Wildman–Crippen LogP) is 1.63. The molecule has 4 heteroatoms. The maximum Gasteiger partial charge on any atom is 0.178 e. The van der Waals surface area contributed by atoms with Crippen molar-refractivity contribution in [3.05, 3.63) is 35.9 Å². The van der Waals surface area contributed by atoms with Crippen molar-refractivity contribution in [2.24, 2.45) is 9.98 Å². The molecule has 1 aromatic heterocycles. The van der Waals surface area contributed by atoms with Gasteiger partial charge in [-0.2, -0.15) is 0 Å². The molecule has 0 atom stereocenters. The van der Waals surface area contributed by atoms with Crippen LogP contribution in [0.25, 0.3) is 0 Å². The van der Waals surface area contributed by atoms with Crippen LogP contribution in [0.1, 0.15) is 12.7 Å². The van der Waals surface area contributed by atoms with Gasteiger partial charge in [-0.1, -0.05) is 0 Å². The molecule has 15 heavy (non-hydrogen) atoms. The first kappa shape index (κ1) is 9.58. The fourth-order valence-electron chi connectivity index (χ4n) is 1.26. The lowest BCUT2D eigenvalue weighted by Crippen LogP contribution is -1.99. The molecule has 0 spiro atoms. The molecule has 0 radical (unpaired) electrons. The molecule has 0 aromatic carbocycles. The van der Waals surface area contributed by atoms with E-state index >= 15 is 0 Å². The number of carbonyl (C=O) groups excluding carboxylic acids is 1. The summed E-state index contributed by atoms with van der Waals surface area (Å²) in [5, 5.41) is 0. The Morgan fingerprint density at radius 3 is 3.07 bits per heavy atom. The molecule has 0 aliphatic carbocycles. The molecule has 2 rings (SSSR count). The zero-order chi connectivity index (χ0) is 10.7. The van der Waals surface area contributed by atoms with Crippen molar-refractivity contribution in [1.29, 1.82) is 0 Å². The van der Waals surface area contributed by atoms with Crippen molar-refractivity contribution >= 4 is 17.7 Å². The van der Waals surface area contributed by atoms with Crippen LogP contribution in [-0.2, 0) is 4.79 Å². The van der Waals surface area contributed by atoms with Gasteiger partial charge in [-0.25, -0.2) is 0 Å². The second-order valence-corrected chi connectivity index (χ2v) is 3.10.